The van der Waals surface area contributed by atoms with Gasteiger partial charge in [-0.25, -0.2) is 0 Å². The van der Waals surface area contributed by atoms with Crippen molar-refractivity contribution in [1.82, 2.24) is 5.32 Å². The predicted molar refractivity (Wildman–Crippen MR) is 92.9 cm³/mol. The quantitative estimate of drug-likeness (QED) is 0.844. The number of anilines is 1. The molecule has 1 saturated heterocycles. The zero-order valence-corrected chi connectivity index (χ0v) is 14.1. The van der Waals surface area contributed by atoms with Crippen LogP contribution in [0.4, 0.5) is 5.69 Å². The number of nitrogens with zero attached hydrogens (tertiary/aromatic N) is 1. The van der Waals surface area contributed by atoms with Crippen LogP contribution in [0.15, 0.2) is 41.8 Å². The van der Waals surface area contributed by atoms with Crippen LogP contribution in [-0.4, -0.2) is 24.9 Å². The Morgan fingerprint density at radius 2 is 2.22 bits per heavy atom. The van der Waals surface area contributed by atoms with Gasteiger partial charge in [0.25, 0.3) is 0 Å². The molecular formula is C17H17ClN2O2S. The molecule has 2 heterocycles. The van der Waals surface area contributed by atoms with Gasteiger partial charge in [0.2, 0.25) is 11.8 Å². The molecule has 0 unspecified atom stereocenters. The number of hydrogen-bond acceptors (Lipinski definition) is 3. The van der Waals surface area contributed by atoms with E-state index in [1.807, 2.05) is 23.6 Å². The Bertz CT molecular complexity index is 702. The standard InChI is InChI=1S/C17H17ClN2O2S/c18-12-3-1-4-13(11-12)20-9-7-15(17(20)22)16(21)19-8-6-14-5-2-10-23-14/h1-5,10-11,15H,6-9H2,(H,19,21)/t15-/m0/s1. The molecule has 6 heteroatoms. The van der Waals surface area contributed by atoms with Gasteiger partial charge in [0.05, 0.1) is 0 Å². The molecule has 3 rings (SSSR count). The number of carbonyl (C=O) groups is 2. The first kappa shape index (κ1) is 16.0. The zero-order valence-electron chi connectivity index (χ0n) is 12.5. The van der Waals surface area contributed by atoms with Crippen molar-refractivity contribution in [2.45, 2.75) is 12.8 Å². The Labute approximate surface area is 144 Å². The smallest absolute Gasteiger partial charge is 0.239 e. The third-order valence-corrected chi connectivity index (χ3v) is 5.06. The van der Waals surface area contributed by atoms with Gasteiger partial charge in [0.15, 0.2) is 0 Å². The van der Waals surface area contributed by atoms with Crippen molar-refractivity contribution in [3.63, 3.8) is 0 Å². The molecule has 1 aliphatic rings. The molecule has 1 fully saturated rings. The highest BCUT2D eigenvalue weighted by molar-refractivity contribution is 7.09. The largest absolute Gasteiger partial charge is 0.355 e. The summed E-state index contributed by atoms with van der Waals surface area (Å²) < 4.78 is 0. The highest BCUT2D eigenvalue weighted by atomic mass is 35.5. The maximum Gasteiger partial charge on any atom is 0.239 e. The first-order valence-corrected chi connectivity index (χ1v) is 8.78. The minimum absolute atomic E-state index is 0.152. The molecule has 23 heavy (non-hydrogen) atoms. The number of rotatable bonds is 5. The fourth-order valence-electron chi connectivity index (χ4n) is 2.71. The molecule has 1 aromatic heterocycles. The Morgan fingerprint density at radius 1 is 1.35 bits per heavy atom. The molecular weight excluding hydrogens is 332 g/mol. The molecule has 1 N–H and O–H groups in total. The van der Waals surface area contributed by atoms with E-state index in [1.54, 1.807) is 34.4 Å². The number of amides is 2. The van der Waals surface area contributed by atoms with Gasteiger partial charge in [-0.1, -0.05) is 23.7 Å². The van der Waals surface area contributed by atoms with Gasteiger partial charge in [-0.05, 0) is 42.5 Å². The highest BCUT2D eigenvalue weighted by Gasteiger charge is 2.37. The lowest BCUT2D eigenvalue weighted by molar-refractivity contribution is -0.132. The number of halogens is 1. The number of carbonyl (C=O) groups excluding carboxylic acids is 2. The Hall–Kier alpha value is -1.85. The van der Waals surface area contributed by atoms with E-state index in [9.17, 15) is 9.59 Å². The molecule has 0 radical (unpaired) electrons. The van der Waals surface area contributed by atoms with Crippen molar-refractivity contribution in [3.05, 3.63) is 51.7 Å². The van der Waals surface area contributed by atoms with E-state index < -0.39 is 5.92 Å². The number of nitrogens with one attached hydrogen (secondary N) is 1. The van der Waals surface area contributed by atoms with Crippen molar-refractivity contribution < 1.29 is 9.59 Å². The Balaban J connectivity index is 1.56. The average Bonchev–Trinajstić information content (AvgIpc) is 3.17. The Morgan fingerprint density at radius 3 is 2.96 bits per heavy atom. The van der Waals surface area contributed by atoms with Crippen molar-refractivity contribution in [2.24, 2.45) is 5.92 Å². The van der Waals surface area contributed by atoms with Crippen LogP contribution in [0.1, 0.15) is 11.3 Å². The summed E-state index contributed by atoms with van der Waals surface area (Å²) in [5, 5.41) is 5.47. The van der Waals surface area contributed by atoms with Gasteiger partial charge < -0.3 is 10.2 Å². The second kappa shape index (κ2) is 7.15. The van der Waals surface area contributed by atoms with Gasteiger partial charge in [-0.2, -0.15) is 0 Å². The number of hydrogen-bond donors (Lipinski definition) is 1. The summed E-state index contributed by atoms with van der Waals surface area (Å²) in [6.07, 6.45) is 1.33. The SMILES string of the molecule is O=C(NCCc1cccs1)[C@@H]1CCN(c2cccc(Cl)c2)C1=O. The van der Waals surface area contributed by atoms with Crippen LogP contribution in [0.25, 0.3) is 0 Å². The van der Waals surface area contributed by atoms with Crippen molar-refractivity contribution in [3.8, 4) is 0 Å². The monoisotopic (exact) mass is 348 g/mol. The van der Waals surface area contributed by atoms with Gasteiger partial charge in [0, 0.05) is 28.7 Å². The zero-order chi connectivity index (χ0) is 16.2. The summed E-state index contributed by atoms with van der Waals surface area (Å²) in [5.74, 6) is -0.936. The van der Waals surface area contributed by atoms with E-state index in [2.05, 4.69) is 5.32 Å². The first-order chi connectivity index (χ1) is 11.1. The molecule has 1 aliphatic heterocycles. The van der Waals surface area contributed by atoms with E-state index in [0.717, 1.165) is 12.1 Å². The molecule has 0 aliphatic carbocycles. The molecule has 0 spiro atoms. The Kier molecular flexibility index (Phi) is 4.98. The topological polar surface area (TPSA) is 49.4 Å². The third-order valence-electron chi connectivity index (χ3n) is 3.89. The summed E-state index contributed by atoms with van der Waals surface area (Å²) in [6.45, 7) is 1.10. The van der Waals surface area contributed by atoms with Crippen LogP contribution < -0.4 is 10.2 Å². The van der Waals surface area contributed by atoms with E-state index in [4.69, 9.17) is 11.6 Å². The summed E-state index contributed by atoms with van der Waals surface area (Å²) in [6, 6.07) is 11.2. The van der Waals surface area contributed by atoms with E-state index in [-0.39, 0.29) is 11.8 Å². The molecule has 120 valence electrons. The summed E-state index contributed by atoms with van der Waals surface area (Å²) in [4.78, 5) is 27.6. The lowest BCUT2D eigenvalue weighted by Gasteiger charge is -2.17. The average molecular weight is 349 g/mol. The number of benzene rings is 1. The van der Waals surface area contributed by atoms with Crippen molar-refractivity contribution in [2.75, 3.05) is 18.0 Å². The number of thiophene rings is 1. The third kappa shape index (κ3) is 3.74. The fraction of sp³-hybridized carbons (Fsp3) is 0.294. The molecule has 0 bridgehead atoms. The first-order valence-electron chi connectivity index (χ1n) is 7.52. The lowest BCUT2D eigenvalue weighted by Crippen LogP contribution is -2.37. The minimum atomic E-state index is -0.600. The maximum atomic E-state index is 12.5. The van der Waals surface area contributed by atoms with Gasteiger partial charge >= 0.3 is 0 Å². The summed E-state index contributed by atoms with van der Waals surface area (Å²) in [7, 11) is 0. The second-order valence-electron chi connectivity index (χ2n) is 5.43. The van der Waals surface area contributed by atoms with E-state index in [1.165, 1.54) is 4.88 Å². The summed E-state index contributed by atoms with van der Waals surface area (Å²) in [5.41, 5.74) is 0.747. The van der Waals surface area contributed by atoms with Gasteiger partial charge in [-0.15, -0.1) is 11.3 Å². The van der Waals surface area contributed by atoms with Crippen LogP contribution in [0.5, 0.6) is 0 Å². The normalized spacial score (nSPS) is 17.5. The minimum Gasteiger partial charge on any atom is -0.355 e. The van der Waals surface area contributed by atoms with Crippen molar-refractivity contribution >= 4 is 40.4 Å². The van der Waals surface area contributed by atoms with Crippen molar-refractivity contribution in [1.29, 1.82) is 0 Å². The van der Waals surface area contributed by atoms with E-state index >= 15 is 0 Å². The van der Waals surface area contributed by atoms with E-state index in [0.29, 0.717) is 24.5 Å². The van der Waals surface area contributed by atoms with Crippen LogP contribution in [-0.2, 0) is 16.0 Å². The molecule has 1 aromatic carbocycles. The lowest BCUT2D eigenvalue weighted by atomic mass is 10.1. The van der Waals surface area contributed by atoms with Crippen LogP contribution >= 0.6 is 22.9 Å². The highest BCUT2D eigenvalue weighted by Crippen LogP contribution is 2.27. The van der Waals surface area contributed by atoms with Gasteiger partial charge in [0.1, 0.15) is 5.92 Å². The summed E-state index contributed by atoms with van der Waals surface area (Å²) >= 11 is 7.64. The van der Waals surface area contributed by atoms with Crippen LogP contribution in [0.3, 0.4) is 0 Å². The van der Waals surface area contributed by atoms with Gasteiger partial charge in [-0.3, -0.25) is 9.59 Å². The second-order valence-corrected chi connectivity index (χ2v) is 6.90. The van der Waals surface area contributed by atoms with Crippen LogP contribution in [0.2, 0.25) is 5.02 Å². The maximum absolute atomic E-state index is 12.5. The molecule has 2 amide bonds. The predicted octanol–water partition coefficient (Wildman–Crippen LogP) is 3.11. The molecule has 2 aromatic rings. The molecule has 1 atom stereocenters. The molecule has 0 saturated carbocycles. The fourth-order valence-corrected chi connectivity index (χ4v) is 3.60. The van der Waals surface area contributed by atoms with Crippen LogP contribution in [0, 0.1) is 5.92 Å². The molecule has 4 nitrogen and oxygen atoms in total.